The van der Waals surface area contributed by atoms with E-state index in [1.165, 1.54) is 0 Å². The molecule has 0 spiro atoms. The molecule has 0 saturated heterocycles. The summed E-state index contributed by atoms with van der Waals surface area (Å²) in [6.45, 7) is 7.66. The third-order valence-electron chi connectivity index (χ3n) is 3.19. The molecule has 2 aromatic heterocycles. The molecule has 2 aromatic rings. The summed E-state index contributed by atoms with van der Waals surface area (Å²) in [5.41, 5.74) is 0.895. The Morgan fingerprint density at radius 1 is 1.43 bits per heavy atom. The van der Waals surface area contributed by atoms with Crippen LogP contribution in [0.15, 0.2) is 18.3 Å². The van der Waals surface area contributed by atoms with E-state index in [1.54, 1.807) is 22.9 Å². The highest BCUT2D eigenvalue weighted by Crippen LogP contribution is 2.22. The zero-order valence-corrected chi connectivity index (χ0v) is 14.1. The van der Waals surface area contributed by atoms with Gasteiger partial charge in [-0.05, 0) is 18.2 Å². The molecule has 0 aliphatic carbocycles. The Hall–Kier alpha value is -1.37. The SMILES string of the molecule is C[Si](C)(C)CCOCn1c(C(=O)O)cc2cc(Cl)ncc21. The lowest BCUT2D eigenvalue weighted by Gasteiger charge is -2.16. The molecule has 21 heavy (non-hydrogen) atoms. The van der Waals surface area contributed by atoms with Crippen molar-refractivity contribution in [1.82, 2.24) is 9.55 Å². The summed E-state index contributed by atoms with van der Waals surface area (Å²) in [7, 11) is -1.16. The second-order valence-corrected chi connectivity index (χ2v) is 12.2. The van der Waals surface area contributed by atoms with Crippen LogP contribution in [0.1, 0.15) is 10.5 Å². The van der Waals surface area contributed by atoms with Crippen molar-refractivity contribution < 1.29 is 14.6 Å². The number of carboxylic acids is 1. The smallest absolute Gasteiger partial charge is 0.352 e. The highest BCUT2D eigenvalue weighted by molar-refractivity contribution is 6.76. The van der Waals surface area contributed by atoms with Crippen molar-refractivity contribution in [3.63, 3.8) is 0 Å². The molecule has 0 saturated carbocycles. The van der Waals surface area contributed by atoms with Gasteiger partial charge in [0.2, 0.25) is 0 Å². The van der Waals surface area contributed by atoms with E-state index in [9.17, 15) is 9.90 Å². The molecule has 0 amide bonds. The van der Waals surface area contributed by atoms with Crippen molar-refractivity contribution in [3.8, 4) is 0 Å². The zero-order chi connectivity index (χ0) is 15.6. The lowest BCUT2D eigenvalue weighted by atomic mass is 10.3. The van der Waals surface area contributed by atoms with Gasteiger partial charge in [-0.3, -0.25) is 0 Å². The molecule has 2 rings (SSSR count). The number of carbonyl (C=O) groups is 1. The number of hydrogen-bond acceptors (Lipinski definition) is 3. The van der Waals surface area contributed by atoms with Gasteiger partial charge in [-0.2, -0.15) is 0 Å². The summed E-state index contributed by atoms with van der Waals surface area (Å²) < 4.78 is 7.27. The maximum Gasteiger partial charge on any atom is 0.352 e. The molecule has 5 nitrogen and oxygen atoms in total. The van der Waals surface area contributed by atoms with Crippen LogP contribution in [0.5, 0.6) is 0 Å². The molecule has 1 N–H and O–H groups in total. The van der Waals surface area contributed by atoms with Crippen LogP contribution in [-0.4, -0.2) is 35.3 Å². The number of carboxylic acid groups (broad SMARTS) is 1. The fourth-order valence-electron chi connectivity index (χ4n) is 1.98. The van der Waals surface area contributed by atoms with E-state index >= 15 is 0 Å². The molecule has 0 aromatic carbocycles. The normalized spacial score (nSPS) is 12.0. The number of hydrogen-bond donors (Lipinski definition) is 1. The van der Waals surface area contributed by atoms with E-state index in [-0.39, 0.29) is 12.4 Å². The Morgan fingerprint density at radius 2 is 2.14 bits per heavy atom. The maximum atomic E-state index is 11.3. The first-order valence-corrected chi connectivity index (χ1v) is 10.8. The van der Waals surface area contributed by atoms with Crippen LogP contribution in [-0.2, 0) is 11.5 Å². The Bertz CT molecular complexity index is 664. The minimum atomic E-state index is -1.16. The van der Waals surface area contributed by atoms with Crippen molar-refractivity contribution >= 4 is 36.5 Å². The molecule has 0 bridgehead atoms. The minimum Gasteiger partial charge on any atom is -0.477 e. The van der Waals surface area contributed by atoms with Gasteiger partial charge in [0.25, 0.3) is 0 Å². The Kier molecular flexibility index (Phi) is 4.70. The van der Waals surface area contributed by atoms with Crippen LogP contribution in [0.25, 0.3) is 10.9 Å². The number of nitrogens with zero attached hydrogens (tertiary/aromatic N) is 2. The first-order valence-electron chi connectivity index (χ1n) is 6.74. The number of halogens is 1. The zero-order valence-electron chi connectivity index (χ0n) is 12.4. The molecule has 0 atom stereocenters. The third-order valence-corrected chi connectivity index (χ3v) is 5.10. The van der Waals surface area contributed by atoms with Gasteiger partial charge < -0.3 is 14.4 Å². The van der Waals surface area contributed by atoms with Gasteiger partial charge in [0.05, 0.1) is 11.7 Å². The second kappa shape index (κ2) is 6.17. The lowest BCUT2D eigenvalue weighted by Crippen LogP contribution is -2.22. The average Bonchev–Trinajstić information content (AvgIpc) is 2.71. The number of aromatic nitrogens is 2. The molecule has 0 unspecified atom stereocenters. The first-order chi connectivity index (χ1) is 9.78. The first kappa shape index (κ1) is 16.0. The largest absolute Gasteiger partial charge is 0.477 e. The van der Waals surface area contributed by atoms with Crippen molar-refractivity contribution in [1.29, 1.82) is 0 Å². The van der Waals surface area contributed by atoms with Crippen LogP contribution < -0.4 is 0 Å². The summed E-state index contributed by atoms with van der Waals surface area (Å²) in [5, 5.41) is 10.4. The summed E-state index contributed by atoms with van der Waals surface area (Å²) in [5.74, 6) is -0.990. The highest BCUT2D eigenvalue weighted by Gasteiger charge is 2.16. The fraction of sp³-hybridized carbons (Fsp3) is 0.429. The lowest BCUT2D eigenvalue weighted by molar-refractivity contribution is 0.0630. The quantitative estimate of drug-likeness (QED) is 0.499. The van der Waals surface area contributed by atoms with Crippen molar-refractivity contribution in [2.24, 2.45) is 0 Å². The van der Waals surface area contributed by atoms with Gasteiger partial charge >= 0.3 is 5.97 Å². The Balaban J connectivity index is 2.21. The molecule has 0 fully saturated rings. The molecular formula is C14H19ClN2O3Si. The van der Waals surface area contributed by atoms with Crippen molar-refractivity contribution in [2.45, 2.75) is 32.4 Å². The Labute approximate surface area is 129 Å². The van der Waals surface area contributed by atoms with Crippen LogP contribution >= 0.6 is 11.6 Å². The summed E-state index contributed by atoms with van der Waals surface area (Å²) in [4.78, 5) is 15.4. The van der Waals surface area contributed by atoms with Gasteiger partial charge in [-0.15, -0.1) is 0 Å². The topological polar surface area (TPSA) is 64.3 Å². The standard InChI is InChI=1S/C14H19ClN2O3Si/c1-21(2,3)5-4-20-9-17-11(14(18)19)6-10-7-13(15)16-8-12(10)17/h6-8H,4-5,9H2,1-3H3,(H,18,19). The van der Waals surface area contributed by atoms with E-state index in [1.807, 2.05) is 0 Å². The van der Waals surface area contributed by atoms with E-state index in [0.717, 1.165) is 11.4 Å². The summed E-state index contributed by atoms with van der Waals surface area (Å²) in [6, 6.07) is 4.29. The number of ether oxygens (including phenoxy) is 1. The number of fused-ring (bicyclic) bond motifs is 1. The fourth-order valence-corrected chi connectivity index (χ4v) is 2.91. The van der Waals surface area contributed by atoms with Crippen molar-refractivity contribution in [2.75, 3.05) is 6.61 Å². The van der Waals surface area contributed by atoms with E-state index in [4.69, 9.17) is 16.3 Å². The van der Waals surface area contributed by atoms with Gasteiger partial charge in [-0.1, -0.05) is 31.2 Å². The van der Waals surface area contributed by atoms with E-state index in [0.29, 0.717) is 17.3 Å². The molecule has 7 heteroatoms. The second-order valence-electron chi connectivity index (χ2n) is 6.18. The highest BCUT2D eigenvalue weighted by atomic mass is 35.5. The van der Waals surface area contributed by atoms with E-state index < -0.39 is 14.0 Å². The minimum absolute atomic E-state index is 0.182. The van der Waals surface area contributed by atoms with Crippen LogP contribution in [0.3, 0.4) is 0 Å². The molecular weight excluding hydrogens is 308 g/mol. The molecule has 2 heterocycles. The summed E-state index contributed by atoms with van der Waals surface area (Å²) in [6.07, 6.45) is 1.58. The summed E-state index contributed by atoms with van der Waals surface area (Å²) >= 11 is 5.84. The van der Waals surface area contributed by atoms with Gasteiger partial charge in [-0.25, -0.2) is 9.78 Å². The van der Waals surface area contributed by atoms with Crippen LogP contribution in [0.4, 0.5) is 0 Å². The van der Waals surface area contributed by atoms with Gasteiger partial charge in [0.15, 0.2) is 0 Å². The van der Waals surface area contributed by atoms with Crippen molar-refractivity contribution in [3.05, 3.63) is 29.2 Å². The van der Waals surface area contributed by atoms with Crippen LogP contribution in [0.2, 0.25) is 30.8 Å². The monoisotopic (exact) mass is 326 g/mol. The predicted molar refractivity (Wildman–Crippen MR) is 85.8 cm³/mol. The predicted octanol–water partition coefficient (Wildman–Crippen LogP) is 3.70. The molecule has 114 valence electrons. The van der Waals surface area contributed by atoms with Gasteiger partial charge in [0, 0.05) is 20.1 Å². The number of aromatic carboxylic acids is 1. The molecule has 0 radical (unpaired) electrons. The Morgan fingerprint density at radius 3 is 2.76 bits per heavy atom. The maximum absolute atomic E-state index is 11.3. The van der Waals surface area contributed by atoms with Gasteiger partial charge in [0.1, 0.15) is 17.6 Å². The van der Waals surface area contributed by atoms with Crippen LogP contribution in [0, 0.1) is 0 Å². The third kappa shape index (κ3) is 4.06. The van der Waals surface area contributed by atoms with E-state index in [2.05, 4.69) is 24.6 Å². The number of pyridine rings is 1. The molecule has 0 aliphatic heterocycles. The molecule has 0 aliphatic rings. The number of rotatable bonds is 6. The average molecular weight is 327 g/mol.